The second kappa shape index (κ2) is 8.14. The molecule has 1 aromatic heterocycles. The molecular formula is C16H18IN3O2S. The number of nitrogens with one attached hydrogen (secondary N) is 1. The molecule has 23 heavy (non-hydrogen) atoms. The van der Waals surface area contributed by atoms with E-state index in [4.69, 9.17) is 4.42 Å². The highest BCUT2D eigenvalue weighted by Gasteiger charge is 2.17. The van der Waals surface area contributed by atoms with Gasteiger partial charge in [0.2, 0.25) is 11.8 Å². The molecule has 122 valence electrons. The van der Waals surface area contributed by atoms with Crippen molar-refractivity contribution in [2.45, 2.75) is 43.4 Å². The van der Waals surface area contributed by atoms with Crippen LogP contribution in [0, 0.1) is 3.57 Å². The molecule has 1 heterocycles. The third-order valence-electron chi connectivity index (χ3n) is 3.79. The van der Waals surface area contributed by atoms with Crippen LogP contribution in [0.15, 0.2) is 33.9 Å². The third-order valence-corrected chi connectivity index (χ3v) is 5.33. The van der Waals surface area contributed by atoms with Gasteiger partial charge in [-0.2, -0.15) is 0 Å². The SMILES string of the molecule is O=C(CSc1nnc(-c2ccc(I)cc2)o1)NC1CCCCC1. The maximum atomic E-state index is 12.0. The van der Waals surface area contributed by atoms with Gasteiger partial charge in [-0.1, -0.05) is 31.0 Å². The van der Waals surface area contributed by atoms with Crippen LogP contribution in [0.4, 0.5) is 0 Å². The molecule has 1 aromatic carbocycles. The lowest BCUT2D eigenvalue weighted by molar-refractivity contribution is -0.119. The first-order valence-electron chi connectivity index (χ1n) is 7.72. The normalized spacial score (nSPS) is 15.5. The Labute approximate surface area is 153 Å². The van der Waals surface area contributed by atoms with Gasteiger partial charge in [-0.3, -0.25) is 4.79 Å². The predicted octanol–water partition coefficient (Wildman–Crippen LogP) is 3.88. The molecule has 2 aromatic rings. The van der Waals surface area contributed by atoms with Gasteiger partial charge in [0.15, 0.2) is 0 Å². The molecule has 3 rings (SSSR count). The Kier molecular flexibility index (Phi) is 5.93. The Morgan fingerprint density at radius 1 is 1.22 bits per heavy atom. The van der Waals surface area contributed by atoms with Crippen molar-refractivity contribution in [3.63, 3.8) is 0 Å². The summed E-state index contributed by atoms with van der Waals surface area (Å²) in [5, 5.41) is 11.5. The van der Waals surface area contributed by atoms with E-state index in [0.29, 0.717) is 22.9 Å². The molecule has 1 fully saturated rings. The van der Waals surface area contributed by atoms with E-state index >= 15 is 0 Å². The van der Waals surface area contributed by atoms with Crippen LogP contribution in [-0.2, 0) is 4.79 Å². The maximum Gasteiger partial charge on any atom is 0.277 e. The summed E-state index contributed by atoms with van der Waals surface area (Å²) in [6, 6.07) is 8.20. The number of hydrogen-bond acceptors (Lipinski definition) is 5. The first kappa shape index (κ1) is 16.8. The summed E-state index contributed by atoms with van der Waals surface area (Å²) < 4.78 is 6.76. The zero-order valence-corrected chi connectivity index (χ0v) is 15.6. The van der Waals surface area contributed by atoms with Crippen LogP contribution in [0.5, 0.6) is 0 Å². The van der Waals surface area contributed by atoms with Crippen LogP contribution >= 0.6 is 34.4 Å². The van der Waals surface area contributed by atoms with E-state index in [1.165, 1.54) is 31.0 Å². The number of halogens is 1. The molecule has 1 saturated carbocycles. The highest BCUT2D eigenvalue weighted by Crippen LogP contribution is 2.24. The lowest BCUT2D eigenvalue weighted by Gasteiger charge is -2.22. The molecule has 0 aliphatic heterocycles. The first-order valence-corrected chi connectivity index (χ1v) is 9.79. The lowest BCUT2D eigenvalue weighted by Crippen LogP contribution is -2.37. The molecule has 0 bridgehead atoms. The van der Waals surface area contributed by atoms with Crippen molar-refractivity contribution in [2.75, 3.05) is 5.75 Å². The molecule has 0 atom stereocenters. The summed E-state index contributed by atoms with van der Waals surface area (Å²) >= 11 is 3.53. The fourth-order valence-electron chi connectivity index (χ4n) is 2.62. The second-order valence-corrected chi connectivity index (χ2v) is 7.74. The summed E-state index contributed by atoms with van der Waals surface area (Å²) in [7, 11) is 0. The highest BCUT2D eigenvalue weighted by molar-refractivity contribution is 14.1. The van der Waals surface area contributed by atoms with Crippen LogP contribution in [0.2, 0.25) is 0 Å². The van der Waals surface area contributed by atoms with Crippen LogP contribution < -0.4 is 5.32 Å². The van der Waals surface area contributed by atoms with Crippen molar-refractivity contribution < 1.29 is 9.21 Å². The Morgan fingerprint density at radius 3 is 2.70 bits per heavy atom. The standard InChI is InChI=1S/C16H18IN3O2S/c17-12-8-6-11(7-9-12)15-19-20-16(22-15)23-10-14(21)18-13-4-2-1-3-5-13/h6-9,13H,1-5,10H2,(H,18,21). The zero-order valence-electron chi connectivity index (χ0n) is 12.6. The van der Waals surface area contributed by atoms with Gasteiger partial charge in [0, 0.05) is 15.2 Å². The van der Waals surface area contributed by atoms with Gasteiger partial charge in [0.1, 0.15) is 0 Å². The van der Waals surface area contributed by atoms with Gasteiger partial charge in [-0.15, -0.1) is 10.2 Å². The summed E-state index contributed by atoms with van der Waals surface area (Å²) in [5.41, 5.74) is 0.886. The van der Waals surface area contributed by atoms with Crippen LogP contribution in [0.25, 0.3) is 11.5 Å². The molecule has 1 amide bonds. The van der Waals surface area contributed by atoms with E-state index in [9.17, 15) is 4.79 Å². The number of amides is 1. The van der Waals surface area contributed by atoms with Gasteiger partial charge in [-0.25, -0.2) is 0 Å². The first-order chi connectivity index (χ1) is 11.2. The monoisotopic (exact) mass is 443 g/mol. The molecule has 1 aliphatic rings. The molecule has 5 nitrogen and oxygen atoms in total. The lowest BCUT2D eigenvalue weighted by atomic mass is 9.95. The van der Waals surface area contributed by atoms with Crippen molar-refractivity contribution in [2.24, 2.45) is 0 Å². The van der Waals surface area contributed by atoms with E-state index in [0.717, 1.165) is 22.0 Å². The fraction of sp³-hybridized carbons (Fsp3) is 0.438. The highest BCUT2D eigenvalue weighted by atomic mass is 127. The predicted molar refractivity (Wildman–Crippen MR) is 98.2 cm³/mol. The second-order valence-electron chi connectivity index (χ2n) is 5.57. The van der Waals surface area contributed by atoms with Crippen molar-refractivity contribution in [1.82, 2.24) is 15.5 Å². The van der Waals surface area contributed by atoms with Crippen molar-refractivity contribution in [3.05, 3.63) is 27.8 Å². The molecular weight excluding hydrogens is 425 g/mol. The summed E-state index contributed by atoms with van der Waals surface area (Å²) in [6.45, 7) is 0. The Balaban J connectivity index is 1.50. The molecule has 1 N–H and O–H groups in total. The largest absolute Gasteiger partial charge is 0.411 e. The maximum absolute atomic E-state index is 12.0. The van der Waals surface area contributed by atoms with Crippen LogP contribution in [0.1, 0.15) is 32.1 Å². The van der Waals surface area contributed by atoms with Crippen molar-refractivity contribution in [3.8, 4) is 11.5 Å². The summed E-state index contributed by atoms with van der Waals surface area (Å²) in [4.78, 5) is 12.0. The van der Waals surface area contributed by atoms with E-state index in [1.807, 2.05) is 24.3 Å². The number of carbonyl (C=O) groups is 1. The Hall–Kier alpha value is -1.09. The van der Waals surface area contributed by atoms with Crippen LogP contribution in [0.3, 0.4) is 0 Å². The van der Waals surface area contributed by atoms with Gasteiger partial charge in [-0.05, 0) is 59.7 Å². The van der Waals surface area contributed by atoms with Crippen molar-refractivity contribution in [1.29, 1.82) is 0 Å². The average molecular weight is 443 g/mol. The van der Waals surface area contributed by atoms with Gasteiger partial charge < -0.3 is 9.73 Å². The number of nitrogens with zero attached hydrogens (tertiary/aromatic N) is 2. The van der Waals surface area contributed by atoms with Gasteiger partial charge in [0.25, 0.3) is 5.22 Å². The minimum atomic E-state index is 0.0379. The smallest absolute Gasteiger partial charge is 0.277 e. The summed E-state index contributed by atoms with van der Waals surface area (Å²) in [5.74, 6) is 0.831. The van der Waals surface area contributed by atoms with E-state index in [-0.39, 0.29) is 5.91 Å². The molecule has 0 spiro atoms. The summed E-state index contributed by atoms with van der Waals surface area (Å²) in [6.07, 6.45) is 5.88. The van der Waals surface area contributed by atoms with Crippen LogP contribution in [-0.4, -0.2) is 27.9 Å². The number of carbonyl (C=O) groups excluding carboxylic acids is 1. The van der Waals surface area contributed by atoms with E-state index < -0.39 is 0 Å². The topological polar surface area (TPSA) is 68.0 Å². The van der Waals surface area contributed by atoms with E-state index in [2.05, 4.69) is 38.1 Å². The number of rotatable bonds is 5. The number of benzene rings is 1. The number of aromatic nitrogens is 2. The minimum absolute atomic E-state index is 0.0379. The van der Waals surface area contributed by atoms with Crippen molar-refractivity contribution >= 4 is 40.3 Å². The number of thioether (sulfide) groups is 1. The quantitative estimate of drug-likeness (QED) is 0.561. The molecule has 0 unspecified atom stereocenters. The zero-order chi connectivity index (χ0) is 16.1. The average Bonchev–Trinajstić information content (AvgIpc) is 3.04. The molecule has 0 saturated heterocycles. The minimum Gasteiger partial charge on any atom is -0.411 e. The molecule has 1 aliphatic carbocycles. The fourth-order valence-corrected chi connectivity index (χ4v) is 3.55. The van der Waals surface area contributed by atoms with Gasteiger partial charge in [0.05, 0.1) is 5.75 Å². The Morgan fingerprint density at radius 2 is 1.96 bits per heavy atom. The van der Waals surface area contributed by atoms with Gasteiger partial charge >= 0.3 is 0 Å². The van der Waals surface area contributed by atoms with E-state index in [1.54, 1.807) is 0 Å². The molecule has 0 radical (unpaired) electrons. The number of hydrogen-bond donors (Lipinski definition) is 1. The molecule has 7 heteroatoms. The third kappa shape index (κ3) is 4.94. The Bertz CT molecular complexity index is 654.